The van der Waals surface area contributed by atoms with E-state index in [1.54, 1.807) is 33.8 Å². The number of nitrogens with one attached hydrogen (secondary N) is 1. The minimum Gasteiger partial charge on any atom is -0.466 e. The normalized spacial score (nSPS) is 12.8. The molecule has 0 aliphatic heterocycles. The SMILES string of the molecule is COC(=O)/C(C)=C/C(Cc1ccc(-c2ccccc2)cc1)NC(=O)OC(C)(C)C. The van der Waals surface area contributed by atoms with E-state index in [2.05, 4.69) is 17.4 Å². The quantitative estimate of drug-likeness (QED) is 0.558. The Hall–Kier alpha value is -3.08. The zero-order chi connectivity index (χ0) is 21.4. The number of carbonyl (C=O) groups is 2. The lowest BCUT2D eigenvalue weighted by molar-refractivity contribution is -0.136. The number of esters is 1. The second-order valence-electron chi connectivity index (χ2n) is 7.86. The lowest BCUT2D eigenvalue weighted by atomic mass is 10.00. The molecule has 0 bridgehead atoms. The second-order valence-corrected chi connectivity index (χ2v) is 7.86. The highest BCUT2D eigenvalue weighted by Gasteiger charge is 2.20. The van der Waals surface area contributed by atoms with Gasteiger partial charge in [-0.05, 0) is 50.8 Å². The van der Waals surface area contributed by atoms with Crippen LogP contribution in [0.4, 0.5) is 4.79 Å². The third-order valence-electron chi connectivity index (χ3n) is 4.18. The van der Waals surface area contributed by atoms with E-state index in [9.17, 15) is 9.59 Å². The Labute approximate surface area is 172 Å². The van der Waals surface area contributed by atoms with Crippen LogP contribution < -0.4 is 5.32 Å². The average Bonchev–Trinajstić information content (AvgIpc) is 2.67. The summed E-state index contributed by atoms with van der Waals surface area (Å²) in [6, 6.07) is 17.8. The van der Waals surface area contributed by atoms with Crippen molar-refractivity contribution in [2.24, 2.45) is 0 Å². The predicted molar refractivity (Wildman–Crippen MR) is 115 cm³/mol. The summed E-state index contributed by atoms with van der Waals surface area (Å²) in [6.07, 6.45) is 1.68. The average molecular weight is 395 g/mol. The highest BCUT2D eigenvalue weighted by atomic mass is 16.6. The van der Waals surface area contributed by atoms with Gasteiger partial charge in [0.15, 0.2) is 0 Å². The fraction of sp³-hybridized carbons (Fsp3) is 0.333. The largest absolute Gasteiger partial charge is 0.466 e. The monoisotopic (exact) mass is 395 g/mol. The molecule has 1 N–H and O–H groups in total. The molecule has 0 radical (unpaired) electrons. The van der Waals surface area contributed by atoms with Crippen molar-refractivity contribution in [2.45, 2.75) is 45.8 Å². The van der Waals surface area contributed by atoms with Crippen molar-refractivity contribution in [1.29, 1.82) is 0 Å². The van der Waals surface area contributed by atoms with Crippen LogP contribution in [0.1, 0.15) is 33.3 Å². The fourth-order valence-corrected chi connectivity index (χ4v) is 2.86. The van der Waals surface area contributed by atoms with E-state index in [4.69, 9.17) is 9.47 Å². The van der Waals surface area contributed by atoms with E-state index >= 15 is 0 Å². The Morgan fingerprint density at radius 1 is 1.00 bits per heavy atom. The number of rotatable bonds is 6. The molecule has 29 heavy (non-hydrogen) atoms. The van der Waals surface area contributed by atoms with Crippen LogP contribution in [0.25, 0.3) is 11.1 Å². The molecule has 5 nitrogen and oxygen atoms in total. The highest BCUT2D eigenvalue weighted by Crippen LogP contribution is 2.20. The van der Waals surface area contributed by atoms with Gasteiger partial charge in [-0.1, -0.05) is 60.7 Å². The van der Waals surface area contributed by atoms with E-state index < -0.39 is 23.7 Å². The van der Waals surface area contributed by atoms with Gasteiger partial charge in [-0.3, -0.25) is 0 Å². The summed E-state index contributed by atoms with van der Waals surface area (Å²) in [5.41, 5.74) is 3.11. The van der Waals surface area contributed by atoms with Crippen LogP contribution >= 0.6 is 0 Å². The van der Waals surface area contributed by atoms with Crippen LogP contribution in [-0.2, 0) is 20.7 Å². The third-order valence-corrected chi connectivity index (χ3v) is 4.18. The van der Waals surface area contributed by atoms with Gasteiger partial charge in [-0.15, -0.1) is 0 Å². The zero-order valence-corrected chi connectivity index (χ0v) is 17.7. The molecule has 0 heterocycles. The van der Waals surface area contributed by atoms with Crippen LogP contribution in [0.5, 0.6) is 0 Å². The molecule has 0 saturated carbocycles. The summed E-state index contributed by atoms with van der Waals surface area (Å²) in [4.78, 5) is 24.0. The van der Waals surface area contributed by atoms with E-state index in [0.717, 1.165) is 16.7 Å². The lowest BCUT2D eigenvalue weighted by Crippen LogP contribution is -2.39. The third kappa shape index (κ3) is 7.45. The Morgan fingerprint density at radius 2 is 1.59 bits per heavy atom. The van der Waals surface area contributed by atoms with Crippen LogP contribution in [0, 0.1) is 0 Å². The van der Waals surface area contributed by atoms with Crippen LogP contribution in [-0.4, -0.2) is 30.8 Å². The van der Waals surface area contributed by atoms with Crippen molar-refractivity contribution in [3.8, 4) is 11.1 Å². The van der Waals surface area contributed by atoms with Crippen LogP contribution in [0.15, 0.2) is 66.2 Å². The number of carbonyl (C=O) groups excluding carboxylic acids is 2. The smallest absolute Gasteiger partial charge is 0.408 e. The molecule has 0 aromatic heterocycles. The van der Waals surface area contributed by atoms with Crippen LogP contribution in [0.2, 0.25) is 0 Å². The van der Waals surface area contributed by atoms with Crippen molar-refractivity contribution >= 4 is 12.1 Å². The molecule has 0 spiro atoms. The molecule has 1 atom stereocenters. The summed E-state index contributed by atoms with van der Waals surface area (Å²) in [5, 5.41) is 2.83. The molecule has 5 heteroatoms. The zero-order valence-electron chi connectivity index (χ0n) is 17.7. The Balaban J connectivity index is 2.17. The van der Waals surface area contributed by atoms with E-state index in [1.165, 1.54) is 7.11 Å². The maximum Gasteiger partial charge on any atom is 0.408 e. The number of benzene rings is 2. The number of methoxy groups -OCH3 is 1. The molecule has 2 rings (SSSR count). The molecular formula is C24H29NO4. The van der Waals surface area contributed by atoms with Gasteiger partial charge in [-0.25, -0.2) is 9.59 Å². The number of hydrogen-bond acceptors (Lipinski definition) is 4. The lowest BCUT2D eigenvalue weighted by Gasteiger charge is -2.22. The predicted octanol–water partition coefficient (Wildman–Crippen LogP) is 4.91. The van der Waals surface area contributed by atoms with Crippen molar-refractivity contribution < 1.29 is 19.1 Å². The van der Waals surface area contributed by atoms with Gasteiger partial charge < -0.3 is 14.8 Å². The Morgan fingerprint density at radius 3 is 2.14 bits per heavy atom. The maximum atomic E-state index is 12.2. The van der Waals surface area contributed by atoms with Gasteiger partial charge >= 0.3 is 12.1 Å². The first kappa shape index (κ1) is 22.2. The first-order valence-electron chi connectivity index (χ1n) is 9.58. The molecule has 0 aliphatic carbocycles. The minimum atomic E-state index is -0.604. The molecule has 0 saturated heterocycles. The summed E-state index contributed by atoms with van der Waals surface area (Å²) in [5.74, 6) is -0.430. The highest BCUT2D eigenvalue weighted by molar-refractivity contribution is 5.87. The summed E-state index contributed by atoms with van der Waals surface area (Å²) in [7, 11) is 1.33. The Bertz CT molecular complexity index is 849. The molecule has 1 amide bonds. The van der Waals surface area contributed by atoms with E-state index in [-0.39, 0.29) is 0 Å². The minimum absolute atomic E-state index is 0.411. The Kier molecular flexibility index (Phi) is 7.59. The first-order valence-corrected chi connectivity index (χ1v) is 9.58. The second kappa shape index (κ2) is 9.92. The molecule has 2 aromatic rings. The molecule has 154 valence electrons. The van der Waals surface area contributed by atoms with Gasteiger partial charge in [0.1, 0.15) is 5.60 Å². The van der Waals surface area contributed by atoms with Gasteiger partial charge in [0.25, 0.3) is 0 Å². The number of alkyl carbamates (subject to hydrolysis) is 1. The summed E-state index contributed by atoms with van der Waals surface area (Å²) in [6.45, 7) is 7.08. The molecule has 1 unspecified atom stereocenters. The molecular weight excluding hydrogens is 366 g/mol. The molecule has 0 fully saturated rings. The summed E-state index contributed by atoms with van der Waals surface area (Å²) >= 11 is 0. The standard InChI is InChI=1S/C24H29NO4/c1-17(22(26)28-5)15-21(25-23(27)29-24(2,3)4)16-18-11-13-20(14-12-18)19-9-7-6-8-10-19/h6-15,21H,16H2,1-5H3,(H,25,27)/b17-15+. The van der Waals surface area contributed by atoms with E-state index in [0.29, 0.717) is 12.0 Å². The van der Waals surface area contributed by atoms with Gasteiger partial charge in [0, 0.05) is 5.57 Å². The summed E-state index contributed by atoms with van der Waals surface area (Å²) < 4.78 is 10.1. The fourth-order valence-electron chi connectivity index (χ4n) is 2.86. The van der Waals surface area contributed by atoms with Gasteiger partial charge in [0.2, 0.25) is 0 Å². The molecule has 0 aliphatic rings. The first-order chi connectivity index (χ1) is 13.7. The number of hydrogen-bond donors (Lipinski definition) is 1. The van der Waals surface area contributed by atoms with Crippen molar-refractivity contribution in [2.75, 3.05) is 7.11 Å². The number of ether oxygens (including phenoxy) is 2. The van der Waals surface area contributed by atoms with Gasteiger partial charge in [0.05, 0.1) is 13.2 Å². The van der Waals surface area contributed by atoms with Crippen LogP contribution in [0.3, 0.4) is 0 Å². The van der Waals surface area contributed by atoms with E-state index in [1.807, 2.05) is 42.5 Å². The van der Waals surface area contributed by atoms with Crippen molar-refractivity contribution in [3.63, 3.8) is 0 Å². The van der Waals surface area contributed by atoms with Crippen molar-refractivity contribution in [1.82, 2.24) is 5.32 Å². The van der Waals surface area contributed by atoms with Crippen molar-refractivity contribution in [3.05, 3.63) is 71.8 Å². The maximum absolute atomic E-state index is 12.2. The number of amides is 1. The topological polar surface area (TPSA) is 64.6 Å². The molecule has 2 aromatic carbocycles. The van der Waals surface area contributed by atoms with Gasteiger partial charge in [-0.2, -0.15) is 0 Å².